The van der Waals surface area contributed by atoms with Crippen molar-refractivity contribution in [3.8, 4) is 22.3 Å². The normalized spacial score (nSPS) is 15.8. The van der Waals surface area contributed by atoms with Gasteiger partial charge in [-0.15, -0.1) is 0 Å². The summed E-state index contributed by atoms with van der Waals surface area (Å²) in [4.78, 5) is 5.26. The number of hydrogen-bond acceptors (Lipinski definition) is 3. The van der Waals surface area contributed by atoms with Gasteiger partial charge in [-0.2, -0.15) is 0 Å². The van der Waals surface area contributed by atoms with Crippen molar-refractivity contribution in [3.63, 3.8) is 0 Å². The van der Waals surface area contributed by atoms with E-state index in [1.807, 2.05) is 0 Å². The first-order chi connectivity index (χ1) is 32.9. The van der Waals surface area contributed by atoms with Gasteiger partial charge in [0.05, 0.1) is 5.69 Å². The Kier molecular flexibility index (Phi) is 9.53. The van der Waals surface area contributed by atoms with Crippen LogP contribution in [0.15, 0.2) is 162 Å². The molecule has 0 spiro atoms. The molecule has 0 N–H and O–H groups in total. The molecule has 3 nitrogen and oxygen atoms in total. The van der Waals surface area contributed by atoms with Crippen LogP contribution in [0.5, 0.6) is 0 Å². The second-order valence-electron chi connectivity index (χ2n) is 23.7. The van der Waals surface area contributed by atoms with Crippen LogP contribution in [0.3, 0.4) is 0 Å². The van der Waals surface area contributed by atoms with Gasteiger partial charge in [0.1, 0.15) is 11.2 Å². The number of anilines is 6. The molecule has 12 rings (SSSR count). The van der Waals surface area contributed by atoms with Crippen LogP contribution in [0, 0.1) is 6.92 Å². The number of nitrogens with zero attached hydrogens (tertiary/aromatic N) is 2. The summed E-state index contributed by atoms with van der Waals surface area (Å²) in [5.41, 5.74) is 24.6. The molecule has 3 aliphatic rings. The molecule has 0 saturated carbocycles. The van der Waals surface area contributed by atoms with Gasteiger partial charge in [0.25, 0.3) is 6.71 Å². The average Bonchev–Trinajstić information content (AvgIpc) is 3.69. The molecule has 0 amide bonds. The van der Waals surface area contributed by atoms with Crippen LogP contribution in [0.25, 0.3) is 44.2 Å². The molecule has 9 aromatic rings. The molecule has 1 aliphatic carbocycles. The second-order valence-corrected chi connectivity index (χ2v) is 23.7. The van der Waals surface area contributed by atoms with Crippen molar-refractivity contribution in [3.05, 3.63) is 186 Å². The molecule has 2 aliphatic heterocycles. The molecule has 0 unspecified atom stereocenters. The number of para-hydroxylation sites is 1. The van der Waals surface area contributed by atoms with Crippen LogP contribution in [0.1, 0.15) is 110 Å². The minimum Gasteiger partial charge on any atom is -0.456 e. The lowest BCUT2D eigenvalue weighted by atomic mass is 9.33. The molecule has 8 aromatic carbocycles. The van der Waals surface area contributed by atoms with E-state index in [0.717, 1.165) is 40.5 Å². The SMILES string of the molecule is Cc1cc(C(C)(C)C)ccc1N1c2cc3c(cc2B2c4cc5oc6ccc(C(C)(C)C)cc6c5cc4N(c4ccccc4-c4ccccc4)c4cc(-c5ccccc5)cc1c42)C(C)(C)CCC3(C)C. The number of aryl methyl sites for hydroxylation is 1. The maximum absolute atomic E-state index is 6.98. The molecule has 0 atom stereocenters. The van der Waals surface area contributed by atoms with E-state index in [1.54, 1.807) is 0 Å². The molecule has 69 heavy (non-hydrogen) atoms. The Hall–Kier alpha value is -6.78. The van der Waals surface area contributed by atoms with E-state index in [0.29, 0.717) is 0 Å². The highest BCUT2D eigenvalue weighted by Gasteiger charge is 2.47. The van der Waals surface area contributed by atoms with Crippen LogP contribution in [-0.2, 0) is 21.7 Å². The summed E-state index contributed by atoms with van der Waals surface area (Å²) in [5, 5.41) is 2.30. The summed E-state index contributed by atoms with van der Waals surface area (Å²) in [6.45, 7) is 25.9. The summed E-state index contributed by atoms with van der Waals surface area (Å²) in [5.74, 6) is 0. The van der Waals surface area contributed by atoms with Gasteiger partial charge in [0.2, 0.25) is 0 Å². The smallest absolute Gasteiger partial charge is 0.252 e. The van der Waals surface area contributed by atoms with Gasteiger partial charge in [-0.1, -0.05) is 172 Å². The zero-order valence-electron chi connectivity index (χ0n) is 42.3. The molecule has 4 heteroatoms. The van der Waals surface area contributed by atoms with Gasteiger partial charge in [0, 0.05) is 44.8 Å². The van der Waals surface area contributed by atoms with E-state index >= 15 is 0 Å². The van der Waals surface area contributed by atoms with Gasteiger partial charge in [-0.05, 0) is 157 Å². The Labute approximate surface area is 409 Å². The standard InChI is InChI=1S/C65H63BN2O/c1-40-32-44(62(2,3)4)26-28-53(40)67-56-38-50-49(64(8,9)30-31-65(50,10)11)37-51(56)66-52-39-60-48(47-35-45(63(5,6)7)27-29-59(47)69-60)36-55(52)68(54-25-19-18-24-46(54)42-22-16-13-17-23-42)58-34-43(33-57(67)61(58)66)41-20-14-12-15-21-41/h12-29,32-39H,30-31H2,1-11H3. The van der Waals surface area contributed by atoms with Gasteiger partial charge in [0.15, 0.2) is 0 Å². The third-order valence-corrected chi connectivity index (χ3v) is 16.1. The maximum atomic E-state index is 6.98. The average molecular weight is 899 g/mol. The van der Waals surface area contributed by atoms with Crippen molar-refractivity contribution < 1.29 is 4.42 Å². The van der Waals surface area contributed by atoms with E-state index in [1.165, 1.54) is 94.9 Å². The number of furan rings is 1. The van der Waals surface area contributed by atoms with Gasteiger partial charge >= 0.3 is 0 Å². The number of rotatable bonds is 4. The first-order valence-corrected chi connectivity index (χ1v) is 25.2. The minimum atomic E-state index is -0.0794. The van der Waals surface area contributed by atoms with Crippen molar-refractivity contribution in [1.82, 2.24) is 0 Å². The van der Waals surface area contributed by atoms with Crippen molar-refractivity contribution in [2.75, 3.05) is 9.80 Å². The Morgan fingerprint density at radius 1 is 0.449 bits per heavy atom. The maximum Gasteiger partial charge on any atom is 0.252 e. The van der Waals surface area contributed by atoms with E-state index in [9.17, 15) is 0 Å². The highest BCUT2D eigenvalue weighted by molar-refractivity contribution is 7.00. The topological polar surface area (TPSA) is 19.6 Å². The predicted molar refractivity (Wildman–Crippen MR) is 296 cm³/mol. The monoisotopic (exact) mass is 899 g/mol. The molecule has 0 fully saturated rings. The quantitative estimate of drug-likeness (QED) is 0.164. The zero-order valence-corrected chi connectivity index (χ0v) is 42.3. The lowest BCUT2D eigenvalue weighted by Crippen LogP contribution is -2.62. The molecule has 0 radical (unpaired) electrons. The van der Waals surface area contributed by atoms with Crippen LogP contribution in [-0.4, -0.2) is 6.71 Å². The fourth-order valence-electron chi connectivity index (χ4n) is 12.0. The molecule has 0 saturated heterocycles. The van der Waals surface area contributed by atoms with E-state index in [2.05, 4.69) is 244 Å². The first-order valence-electron chi connectivity index (χ1n) is 25.2. The summed E-state index contributed by atoms with van der Waals surface area (Å²) < 4.78 is 6.98. The van der Waals surface area contributed by atoms with Gasteiger partial charge in [-0.25, -0.2) is 0 Å². The van der Waals surface area contributed by atoms with Crippen LogP contribution in [0.2, 0.25) is 0 Å². The lowest BCUT2D eigenvalue weighted by Gasteiger charge is -2.48. The first kappa shape index (κ1) is 43.5. The lowest BCUT2D eigenvalue weighted by molar-refractivity contribution is 0.332. The third kappa shape index (κ3) is 6.84. The Morgan fingerprint density at radius 2 is 0.986 bits per heavy atom. The van der Waals surface area contributed by atoms with Crippen molar-refractivity contribution >= 4 is 79.2 Å². The van der Waals surface area contributed by atoms with Crippen LogP contribution >= 0.6 is 0 Å². The van der Waals surface area contributed by atoms with Crippen molar-refractivity contribution in [1.29, 1.82) is 0 Å². The Bertz CT molecular complexity index is 3550. The van der Waals surface area contributed by atoms with Crippen molar-refractivity contribution in [2.24, 2.45) is 0 Å². The van der Waals surface area contributed by atoms with E-state index in [4.69, 9.17) is 4.42 Å². The molecular formula is C65H63BN2O. The molecule has 1 aromatic heterocycles. The van der Waals surface area contributed by atoms with Gasteiger partial charge < -0.3 is 14.2 Å². The zero-order chi connectivity index (χ0) is 47.9. The third-order valence-electron chi connectivity index (χ3n) is 16.1. The number of hydrogen-bond donors (Lipinski definition) is 0. The summed E-state index contributed by atoms with van der Waals surface area (Å²) in [7, 11) is 0. The van der Waals surface area contributed by atoms with Crippen LogP contribution < -0.4 is 26.2 Å². The highest BCUT2D eigenvalue weighted by Crippen LogP contribution is 2.53. The fourth-order valence-corrected chi connectivity index (χ4v) is 12.0. The fraction of sp³-hybridized carbons (Fsp3) is 0.262. The summed E-state index contributed by atoms with van der Waals surface area (Å²) in [6, 6.07) is 60.1. The molecule has 0 bridgehead atoms. The van der Waals surface area contributed by atoms with Gasteiger partial charge in [-0.3, -0.25) is 0 Å². The molecule has 342 valence electrons. The molecular weight excluding hydrogens is 836 g/mol. The minimum absolute atomic E-state index is 0.0135. The van der Waals surface area contributed by atoms with E-state index in [-0.39, 0.29) is 28.4 Å². The Balaban J connectivity index is 1.26. The predicted octanol–water partition coefficient (Wildman–Crippen LogP) is 16.3. The van der Waals surface area contributed by atoms with Crippen LogP contribution in [0.4, 0.5) is 34.1 Å². The van der Waals surface area contributed by atoms with Crippen molar-refractivity contribution in [2.45, 2.75) is 111 Å². The second kappa shape index (κ2) is 15.1. The summed E-state index contributed by atoms with van der Waals surface area (Å²) in [6.07, 6.45) is 2.29. The largest absolute Gasteiger partial charge is 0.456 e. The number of fused-ring (bicyclic) bond motifs is 8. The Morgan fingerprint density at radius 3 is 1.64 bits per heavy atom. The highest BCUT2D eigenvalue weighted by atomic mass is 16.3. The number of benzene rings is 8. The van der Waals surface area contributed by atoms with E-state index < -0.39 is 0 Å². The molecule has 3 heterocycles. The summed E-state index contributed by atoms with van der Waals surface area (Å²) >= 11 is 0.